The highest BCUT2D eigenvalue weighted by Gasteiger charge is 2.24. The Bertz CT molecular complexity index is 489. The molecule has 1 aromatic rings. The first-order chi connectivity index (χ1) is 9.15. The largest absolute Gasteiger partial charge is 0.365 e. The Hall–Kier alpha value is -1.31. The van der Waals surface area contributed by atoms with Crippen molar-refractivity contribution < 1.29 is 0 Å². The fraction of sp³-hybridized carbons (Fsp3) is 0.571. The number of nitriles is 1. The summed E-state index contributed by atoms with van der Waals surface area (Å²) in [4.78, 5) is 4.38. The van der Waals surface area contributed by atoms with E-state index in [1.807, 2.05) is 6.92 Å². The van der Waals surface area contributed by atoms with E-state index in [0.29, 0.717) is 34.6 Å². The van der Waals surface area contributed by atoms with E-state index in [4.69, 9.17) is 22.6 Å². The lowest BCUT2D eigenvalue weighted by molar-refractivity contribution is 0.461. The van der Waals surface area contributed by atoms with Gasteiger partial charge in [0.05, 0.1) is 16.3 Å². The molecule has 3 N–H and O–H groups in total. The predicted octanol–water partition coefficient (Wildman–Crippen LogP) is 2.84. The van der Waals surface area contributed by atoms with Gasteiger partial charge in [0, 0.05) is 12.6 Å². The number of rotatable bonds is 4. The van der Waals surface area contributed by atoms with Gasteiger partial charge in [-0.2, -0.15) is 5.26 Å². The van der Waals surface area contributed by atoms with Crippen LogP contribution < -0.4 is 11.1 Å². The summed E-state index contributed by atoms with van der Waals surface area (Å²) in [6.45, 7) is 2.38. The van der Waals surface area contributed by atoms with Crippen LogP contribution >= 0.6 is 11.6 Å². The van der Waals surface area contributed by atoms with Gasteiger partial charge < -0.3 is 11.1 Å². The standard InChI is InChI=1S/C14H19ClN4/c1-9-11(7-16)6-12(15)14(18-9)19-13(8-17)10-4-2-3-5-10/h6,10,13H,2-5,8,17H2,1H3,(H,18,19). The number of hydrogen-bond donors (Lipinski definition) is 2. The average molecular weight is 279 g/mol. The second kappa shape index (κ2) is 6.23. The summed E-state index contributed by atoms with van der Waals surface area (Å²) >= 11 is 6.17. The summed E-state index contributed by atoms with van der Waals surface area (Å²) in [7, 11) is 0. The van der Waals surface area contributed by atoms with Gasteiger partial charge in [-0.25, -0.2) is 4.98 Å². The van der Waals surface area contributed by atoms with Crippen LogP contribution in [0.1, 0.15) is 36.9 Å². The summed E-state index contributed by atoms with van der Waals surface area (Å²) in [6.07, 6.45) is 4.97. The summed E-state index contributed by atoms with van der Waals surface area (Å²) in [5.74, 6) is 1.24. The first-order valence-electron chi connectivity index (χ1n) is 6.69. The maximum atomic E-state index is 8.95. The SMILES string of the molecule is Cc1nc(NC(CN)C2CCCC2)c(Cl)cc1C#N. The number of halogens is 1. The first kappa shape index (κ1) is 14.1. The Balaban J connectivity index is 2.17. The van der Waals surface area contributed by atoms with E-state index in [2.05, 4.69) is 16.4 Å². The lowest BCUT2D eigenvalue weighted by Gasteiger charge is -2.24. The highest BCUT2D eigenvalue weighted by atomic mass is 35.5. The minimum Gasteiger partial charge on any atom is -0.365 e. The minimum atomic E-state index is 0.208. The van der Waals surface area contributed by atoms with Crippen LogP contribution in [0.3, 0.4) is 0 Å². The molecule has 1 aromatic heterocycles. The molecule has 102 valence electrons. The summed E-state index contributed by atoms with van der Waals surface area (Å²) in [5.41, 5.74) is 7.06. The maximum absolute atomic E-state index is 8.95. The van der Waals surface area contributed by atoms with Crippen LogP contribution in [0.5, 0.6) is 0 Å². The first-order valence-corrected chi connectivity index (χ1v) is 7.07. The molecule has 5 heteroatoms. The topological polar surface area (TPSA) is 74.7 Å². The van der Waals surface area contributed by atoms with Crippen molar-refractivity contribution in [3.8, 4) is 6.07 Å². The van der Waals surface area contributed by atoms with Gasteiger partial charge in [0.2, 0.25) is 0 Å². The summed E-state index contributed by atoms with van der Waals surface area (Å²) in [6, 6.07) is 3.96. The number of anilines is 1. The number of pyridine rings is 1. The van der Waals surface area contributed by atoms with Gasteiger partial charge in [0.25, 0.3) is 0 Å². The third kappa shape index (κ3) is 3.17. The van der Waals surface area contributed by atoms with Gasteiger partial charge in [-0.3, -0.25) is 0 Å². The molecule has 2 rings (SSSR count). The van der Waals surface area contributed by atoms with Crippen molar-refractivity contribution in [3.63, 3.8) is 0 Å². The number of nitrogens with two attached hydrogens (primary N) is 1. The van der Waals surface area contributed by atoms with Crippen molar-refractivity contribution in [1.29, 1.82) is 5.26 Å². The Morgan fingerprint density at radius 3 is 2.84 bits per heavy atom. The zero-order valence-corrected chi connectivity index (χ0v) is 11.9. The van der Waals surface area contributed by atoms with Gasteiger partial charge in [0.1, 0.15) is 11.9 Å². The molecule has 0 bridgehead atoms. The number of nitrogens with one attached hydrogen (secondary N) is 1. The number of hydrogen-bond acceptors (Lipinski definition) is 4. The van der Waals surface area contributed by atoms with Gasteiger partial charge in [0.15, 0.2) is 0 Å². The van der Waals surface area contributed by atoms with E-state index in [9.17, 15) is 0 Å². The Kier molecular flexibility index (Phi) is 4.62. The molecule has 4 nitrogen and oxygen atoms in total. The molecule has 1 atom stereocenters. The molecule has 1 aliphatic rings. The second-order valence-corrected chi connectivity index (χ2v) is 5.50. The van der Waals surface area contributed by atoms with Crippen LogP contribution in [-0.2, 0) is 0 Å². The average Bonchev–Trinajstić information content (AvgIpc) is 2.93. The molecule has 1 aliphatic carbocycles. The molecule has 1 saturated carbocycles. The molecule has 0 spiro atoms. The van der Waals surface area contributed by atoms with Crippen LogP contribution in [0.15, 0.2) is 6.07 Å². The molecule has 1 unspecified atom stereocenters. The highest BCUT2D eigenvalue weighted by Crippen LogP contribution is 2.30. The van der Waals surface area contributed by atoms with E-state index >= 15 is 0 Å². The Morgan fingerprint density at radius 2 is 2.26 bits per heavy atom. The molecule has 0 saturated heterocycles. The van der Waals surface area contributed by atoms with Crippen LogP contribution in [0.4, 0.5) is 5.82 Å². The van der Waals surface area contributed by atoms with Crippen LogP contribution in [0.25, 0.3) is 0 Å². The fourth-order valence-corrected chi connectivity index (χ4v) is 2.91. The molecule has 0 radical (unpaired) electrons. The summed E-state index contributed by atoms with van der Waals surface area (Å²) < 4.78 is 0. The van der Waals surface area contributed by atoms with E-state index in [1.165, 1.54) is 25.7 Å². The van der Waals surface area contributed by atoms with Gasteiger partial charge >= 0.3 is 0 Å². The van der Waals surface area contributed by atoms with E-state index in [1.54, 1.807) is 6.07 Å². The fourth-order valence-electron chi connectivity index (χ4n) is 2.70. The van der Waals surface area contributed by atoms with Crippen molar-refractivity contribution in [2.45, 2.75) is 38.6 Å². The van der Waals surface area contributed by atoms with Gasteiger partial charge in [-0.15, -0.1) is 0 Å². The van der Waals surface area contributed by atoms with Crippen LogP contribution in [-0.4, -0.2) is 17.6 Å². The van der Waals surface area contributed by atoms with Gasteiger partial charge in [-0.1, -0.05) is 24.4 Å². The minimum absolute atomic E-state index is 0.208. The number of aromatic nitrogens is 1. The van der Waals surface area contributed by atoms with Crippen LogP contribution in [0.2, 0.25) is 5.02 Å². The molecule has 1 heterocycles. The molecular weight excluding hydrogens is 260 g/mol. The van der Waals surface area contributed by atoms with E-state index < -0.39 is 0 Å². The lowest BCUT2D eigenvalue weighted by atomic mass is 9.98. The number of nitrogens with zero attached hydrogens (tertiary/aromatic N) is 2. The van der Waals surface area contributed by atoms with Crippen molar-refractivity contribution in [2.75, 3.05) is 11.9 Å². The number of aryl methyl sites for hydroxylation is 1. The monoisotopic (exact) mass is 278 g/mol. The zero-order chi connectivity index (χ0) is 13.8. The van der Waals surface area contributed by atoms with Gasteiger partial charge in [-0.05, 0) is 31.7 Å². The summed E-state index contributed by atoms with van der Waals surface area (Å²) in [5, 5.41) is 12.8. The van der Waals surface area contributed by atoms with E-state index in [-0.39, 0.29) is 6.04 Å². The second-order valence-electron chi connectivity index (χ2n) is 5.09. The third-order valence-corrected chi connectivity index (χ3v) is 4.12. The van der Waals surface area contributed by atoms with Crippen molar-refractivity contribution in [3.05, 3.63) is 22.3 Å². The van der Waals surface area contributed by atoms with Crippen molar-refractivity contribution in [2.24, 2.45) is 11.7 Å². The zero-order valence-electron chi connectivity index (χ0n) is 11.1. The van der Waals surface area contributed by atoms with Crippen LogP contribution in [0, 0.1) is 24.2 Å². The predicted molar refractivity (Wildman–Crippen MR) is 77.1 cm³/mol. The molecular formula is C14H19ClN4. The molecule has 19 heavy (non-hydrogen) atoms. The third-order valence-electron chi connectivity index (χ3n) is 3.83. The van der Waals surface area contributed by atoms with Crippen molar-refractivity contribution >= 4 is 17.4 Å². The molecule has 0 aliphatic heterocycles. The quantitative estimate of drug-likeness (QED) is 0.888. The molecule has 1 fully saturated rings. The smallest absolute Gasteiger partial charge is 0.145 e. The Morgan fingerprint density at radius 1 is 1.58 bits per heavy atom. The highest BCUT2D eigenvalue weighted by molar-refractivity contribution is 6.33. The van der Waals surface area contributed by atoms with Crippen molar-refractivity contribution in [1.82, 2.24) is 4.98 Å². The Labute approximate surface area is 119 Å². The maximum Gasteiger partial charge on any atom is 0.145 e. The lowest BCUT2D eigenvalue weighted by Crippen LogP contribution is -2.35. The van der Waals surface area contributed by atoms with E-state index in [0.717, 1.165) is 0 Å². The molecule has 0 aromatic carbocycles. The normalized spacial score (nSPS) is 17.2. The molecule has 0 amide bonds.